The Kier molecular flexibility index (Phi) is 1.94. The molecule has 0 unspecified atom stereocenters. The molecule has 0 aromatic carbocycles. The van der Waals surface area contributed by atoms with Crippen molar-refractivity contribution in [3.8, 4) is 0 Å². The Bertz CT molecular complexity index is 222. The summed E-state index contributed by atoms with van der Waals surface area (Å²) in [5.41, 5.74) is 0.338. The van der Waals surface area contributed by atoms with E-state index in [2.05, 4.69) is 15.5 Å². The van der Waals surface area contributed by atoms with Crippen LogP contribution in [0.1, 0.15) is 10.5 Å². The molecule has 0 saturated heterocycles. The molecule has 10 heavy (non-hydrogen) atoms. The van der Waals surface area contributed by atoms with Crippen molar-refractivity contribution in [3.63, 3.8) is 0 Å². The van der Waals surface area contributed by atoms with Crippen LogP contribution >= 0.6 is 0 Å². The smallest absolute Gasteiger partial charge is 0.271 e. The van der Waals surface area contributed by atoms with E-state index in [0.717, 1.165) is 0 Å². The normalized spacial score (nSPS) is 8.90. The number of amides is 1. The quantitative estimate of drug-likeness (QED) is 0.585. The van der Waals surface area contributed by atoms with Gasteiger partial charge in [-0.05, 0) is 12.1 Å². The number of aromatic nitrogens is 2. The maximum absolute atomic E-state index is 10.8. The maximum Gasteiger partial charge on any atom is 0.271 e. The summed E-state index contributed by atoms with van der Waals surface area (Å²) < 4.78 is 0. The van der Waals surface area contributed by atoms with Gasteiger partial charge in [-0.1, -0.05) is 0 Å². The maximum atomic E-state index is 10.8. The fourth-order valence-electron chi connectivity index (χ4n) is 0.551. The average Bonchev–Trinajstić information content (AvgIpc) is 2.05. The van der Waals surface area contributed by atoms with Crippen molar-refractivity contribution >= 4 is 5.91 Å². The van der Waals surface area contributed by atoms with Gasteiger partial charge in [0.25, 0.3) is 5.91 Å². The third-order valence-corrected chi connectivity index (χ3v) is 1.03. The summed E-state index contributed by atoms with van der Waals surface area (Å²) in [6, 6.07) is 3.27. The predicted octanol–water partition coefficient (Wildman–Crippen LogP) is -0.164. The first kappa shape index (κ1) is 6.67. The second kappa shape index (κ2) is 2.91. The number of hydrogen-bond donors (Lipinski definition) is 1. The van der Waals surface area contributed by atoms with E-state index in [9.17, 15) is 4.79 Å². The van der Waals surface area contributed by atoms with Gasteiger partial charge in [-0.2, -0.15) is 5.10 Å². The Hall–Kier alpha value is -1.45. The van der Waals surface area contributed by atoms with Crippen molar-refractivity contribution in [1.29, 1.82) is 0 Å². The second-order valence-corrected chi connectivity index (χ2v) is 1.69. The minimum absolute atomic E-state index is 0.215. The first-order valence-electron chi connectivity index (χ1n) is 2.84. The standard InChI is InChI=1S/C6H7N3O/c1-7-6(10)5-3-2-4-8-9-5/h2-4H,1H3,(H,7,10). The summed E-state index contributed by atoms with van der Waals surface area (Å²) in [5, 5.41) is 9.57. The highest BCUT2D eigenvalue weighted by Crippen LogP contribution is 1.88. The summed E-state index contributed by atoms with van der Waals surface area (Å²) in [6.45, 7) is 0. The molecule has 0 saturated carbocycles. The molecule has 1 rings (SSSR count). The van der Waals surface area contributed by atoms with Crippen LogP contribution in [0, 0.1) is 0 Å². The zero-order valence-corrected chi connectivity index (χ0v) is 5.53. The Morgan fingerprint density at radius 3 is 3.00 bits per heavy atom. The zero-order chi connectivity index (χ0) is 7.40. The Morgan fingerprint density at radius 1 is 1.70 bits per heavy atom. The number of hydrogen-bond acceptors (Lipinski definition) is 3. The lowest BCUT2D eigenvalue weighted by atomic mass is 10.4. The highest BCUT2D eigenvalue weighted by Gasteiger charge is 2.01. The van der Waals surface area contributed by atoms with E-state index in [1.165, 1.54) is 6.20 Å². The van der Waals surface area contributed by atoms with Gasteiger partial charge in [0.1, 0.15) is 0 Å². The van der Waals surface area contributed by atoms with Gasteiger partial charge in [0.15, 0.2) is 5.69 Å². The molecule has 1 aromatic heterocycles. The molecular formula is C6H7N3O. The van der Waals surface area contributed by atoms with Crippen LogP contribution in [0.4, 0.5) is 0 Å². The van der Waals surface area contributed by atoms with Crippen LogP contribution in [-0.2, 0) is 0 Å². The fraction of sp³-hybridized carbons (Fsp3) is 0.167. The molecule has 52 valence electrons. The van der Waals surface area contributed by atoms with Gasteiger partial charge in [-0.15, -0.1) is 5.10 Å². The number of rotatable bonds is 1. The van der Waals surface area contributed by atoms with Crippen molar-refractivity contribution in [1.82, 2.24) is 15.5 Å². The predicted molar refractivity (Wildman–Crippen MR) is 35.4 cm³/mol. The molecule has 1 N–H and O–H groups in total. The molecule has 4 nitrogen and oxygen atoms in total. The summed E-state index contributed by atoms with van der Waals surface area (Å²) in [4.78, 5) is 10.8. The SMILES string of the molecule is CNC(=O)c1cccnn1. The monoisotopic (exact) mass is 137 g/mol. The van der Waals surface area contributed by atoms with E-state index >= 15 is 0 Å². The molecule has 0 bridgehead atoms. The molecule has 0 aliphatic rings. The van der Waals surface area contributed by atoms with Crippen LogP contribution in [-0.4, -0.2) is 23.2 Å². The Morgan fingerprint density at radius 2 is 2.50 bits per heavy atom. The van der Waals surface area contributed by atoms with Gasteiger partial charge in [-0.3, -0.25) is 4.79 Å². The molecule has 4 heteroatoms. The van der Waals surface area contributed by atoms with Crippen LogP contribution in [0.5, 0.6) is 0 Å². The molecule has 0 aliphatic carbocycles. The Labute approximate surface area is 58.3 Å². The van der Waals surface area contributed by atoms with Crippen LogP contribution < -0.4 is 5.32 Å². The summed E-state index contributed by atoms with van der Waals surface area (Å²) in [6.07, 6.45) is 1.52. The lowest BCUT2D eigenvalue weighted by Gasteiger charge is -1.93. The lowest BCUT2D eigenvalue weighted by molar-refractivity contribution is 0.0957. The van der Waals surface area contributed by atoms with E-state index in [-0.39, 0.29) is 5.91 Å². The molecule has 1 amide bonds. The van der Waals surface area contributed by atoms with E-state index in [0.29, 0.717) is 5.69 Å². The van der Waals surface area contributed by atoms with Gasteiger partial charge in [0.05, 0.1) is 0 Å². The molecule has 1 aromatic rings. The van der Waals surface area contributed by atoms with Crippen LogP contribution in [0.25, 0.3) is 0 Å². The second-order valence-electron chi connectivity index (χ2n) is 1.69. The minimum atomic E-state index is -0.215. The highest BCUT2D eigenvalue weighted by atomic mass is 16.1. The van der Waals surface area contributed by atoms with E-state index in [4.69, 9.17) is 0 Å². The van der Waals surface area contributed by atoms with Crippen molar-refractivity contribution in [2.75, 3.05) is 7.05 Å². The fourth-order valence-corrected chi connectivity index (χ4v) is 0.551. The third-order valence-electron chi connectivity index (χ3n) is 1.03. The zero-order valence-electron chi connectivity index (χ0n) is 5.53. The lowest BCUT2D eigenvalue weighted by Crippen LogP contribution is -2.19. The average molecular weight is 137 g/mol. The van der Waals surface area contributed by atoms with Crippen molar-refractivity contribution in [3.05, 3.63) is 24.0 Å². The van der Waals surface area contributed by atoms with E-state index < -0.39 is 0 Å². The highest BCUT2D eigenvalue weighted by molar-refractivity contribution is 5.91. The molecule has 0 radical (unpaired) electrons. The van der Waals surface area contributed by atoms with Crippen molar-refractivity contribution in [2.24, 2.45) is 0 Å². The van der Waals surface area contributed by atoms with Crippen molar-refractivity contribution in [2.45, 2.75) is 0 Å². The number of carbonyl (C=O) groups is 1. The molecule has 0 fully saturated rings. The van der Waals surface area contributed by atoms with Crippen LogP contribution in [0.15, 0.2) is 18.3 Å². The van der Waals surface area contributed by atoms with Crippen LogP contribution in [0.2, 0.25) is 0 Å². The summed E-state index contributed by atoms with van der Waals surface area (Å²) >= 11 is 0. The van der Waals surface area contributed by atoms with Gasteiger partial charge < -0.3 is 5.32 Å². The number of carbonyl (C=O) groups excluding carboxylic acids is 1. The van der Waals surface area contributed by atoms with E-state index in [1.54, 1.807) is 19.2 Å². The molecular weight excluding hydrogens is 130 g/mol. The van der Waals surface area contributed by atoms with Crippen LogP contribution in [0.3, 0.4) is 0 Å². The third kappa shape index (κ3) is 1.28. The topological polar surface area (TPSA) is 54.9 Å². The molecule has 0 spiro atoms. The number of nitrogens with one attached hydrogen (secondary N) is 1. The largest absolute Gasteiger partial charge is 0.354 e. The van der Waals surface area contributed by atoms with Gasteiger partial charge >= 0.3 is 0 Å². The van der Waals surface area contributed by atoms with Gasteiger partial charge in [0.2, 0.25) is 0 Å². The number of nitrogens with zero attached hydrogens (tertiary/aromatic N) is 2. The van der Waals surface area contributed by atoms with Crippen molar-refractivity contribution < 1.29 is 4.79 Å². The van der Waals surface area contributed by atoms with Gasteiger partial charge in [0, 0.05) is 13.2 Å². The van der Waals surface area contributed by atoms with E-state index in [1.807, 2.05) is 0 Å². The first-order valence-corrected chi connectivity index (χ1v) is 2.84. The molecule has 0 atom stereocenters. The minimum Gasteiger partial charge on any atom is -0.354 e. The summed E-state index contributed by atoms with van der Waals surface area (Å²) in [5.74, 6) is -0.215. The molecule has 1 heterocycles. The summed E-state index contributed by atoms with van der Waals surface area (Å²) in [7, 11) is 1.55. The molecule has 0 aliphatic heterocycles. The first-order chi connectivity index (χ1) is 4.84. The van der Waals surface area contributed by atoms with Gasteiger partial charge in [-0.25, -0.2) is 0 Å². The Balaban J connectivity index is 2.85.